The largest absolute Gasteiger partial charge is 0.382 e. The quantitative estimate of drug-likeness (QED) is 0.671. The summed E-state index contributed by atoms with van der Waals surface area (Å²) in [5.74, 6) is 1.40. The van der Waals surface area contributed by atoms with Crippen LogP contribution in [0.3, 0.4) is 0 Å². The Labute approximate surface area is 68.7 Å². The molecule has 66 valence electrons. The first-order valence-corrected chi connectivity index (χ1v) is 5.55. The van der Waals surface area contributed by atoms with Gasteiger partial charge in [-0.2, -0.15) is 0 Å². The van der Waals surface area contributed by atoms with Crippen LogP contribution in [0, 0.1) is 0 Å². The summed E-state index contributed by atoms with van der Waals surface area (Å²) in [7, 11) is -2.64. The van der Waals surface area contributed by atoms with Gasteiger partial charge in [-0.1, -0.05) is 20.4 Å². The van der Waals surface area contributed by atoms with Crippen molar-refractivity contribution in [1.29, 1.82) is 0 Å². The van der Waals surface area contributed by atoms with Crippen molar-refractivity contribution in [2.75, 3.05) is 0 Å². The van der Waals surface area contributed by atoms with Crippen LogP contribution in [0.15, 0.2) is 12.4 Å². The average Bonchev–Trinajstić information content (AvgIpc) is 1.83. The number of aliphatic hydroxyl groups is 1. The van der Waals surface area contributed by atoms with Crippen LogP contribution in [-0.4, -0.2) is 16.1 Å². The predicted molar refractivity (Wildman–Crippen MR) is 49.2 cm³/mol. The van der Waals surface area contributed by atoms with Gasteiger partial charge in [-0.25, -0.2) is 0 Å². The second-order valence-electron chi connectivity index (χ2n) is 3.48. The van der Waals surface area contributed by atoms with Gasteiger partial charge < -0.3 is 9.67 Å². The van der Waals surface area contributed by atoms with Gasteiger partial charge in [0.25, 0.3) is 0 Å². The van der Waals surface area contributed by atoms with E-state index in [2.05, 4.69) is 6.58 Å². The van der Waals surface area contributed by atoms with Gasteiger partial charge in [0.05, 0.1) is 0 Å². The maximum Gasteiger partial charge on any atom is 0.139 e. The second kappa shape index (κ2) is 3.12. The van der Waals surface area contributed by atoms with Gasteiger partial charge in [0, 0.05) is 5.66 Å². The topological polar surface area (TPSA) is 37.3 Å². The minimum Gasteiger partial charge on any atom is -0.382 e. The zero-order valence-electron chi connectivity index (χ0n) is 7.66. The standard InChI is InChI=1S/C8H17O2P/c1-6-11(10,7(2)3)8(4,5)9/h6-7,9H,1H2,2-5H3. The lowest BCUT2D eigenvalue weighted by molar-refractivity contribution is 0.163. The summed E-state index contributed by atoms with van der Waals surface area (Å²) in [6, 6.07) is 0. The van der Waals surface area contributed by atoms with Crippen LogP contribution in [0.5, 0.6) is 0 Å². The van der Waals surface area contributed by atoms with Crippen molar-refractivity contribution in [2.24, 2.45) is 0 Å². The Hall–Kier alpha value is -0.0700. The summed E-state index contributed by atoms with van der Waals surface area (Å²) < 4.78 is 11.9. The first-order chi connectivity index (χ1) is 4.75. The van der Waals surface area contributed by atoms with Crippen molar-refractivity contribution in [1.82, 2.24) is 0 Å². The summed E-state index contributed by atoms with van der Waals surface area (Å²) in [6.45, 7) is 10.3. The lowest BCUT2D eigenvalue weighted by atomic mass is 10.5. The Morgan fingerprint density at radius 1 is 1.55 bits per heavy atom. The van der Waals surface area contributed by atoms with Crippen molar-refractivity contribution < 1.29 is 9.67 Å². The lowest BCUT2D eigenvalue weighted by Gasteiger charge is -2.30. The molecule has 0 aromatic carbocycles. The van der Waals surface area contributed by atoms with E-state index >= 15 is 0 Å². The monoisotopic (exact) mass is 176 g/mol. The normalized spacial score (nSPS) is 18.0. The summed E-state index contributed by atoms with van der Waals surface area (Å²) in [6.07, 6.45) is 0. The molecule has 0 heterocycles. The molecule has 2 nitrogen and oxygen atoms in total. The fourth-order valence-corrected chi connectivity index (χ4v) is 3.20. The van der Waals surface area contributed by atoms with Crippen LogP contribution in [0.1, 0.15) is 27.7 Å². The van der Waals surface area contributed by atoms with Gasteiger partial charge in [0.15, 0.2) is 0 Å². The maximum atomic E-state index is 11.9. The minimum absolute atomic E-state index is 0.0417. The van der Waals surface area contributed by atoms with Gasteiger partial charge >= 0.3 is 0 Å². The van der Waals surface area contributed by atoms with Crippen LogP contribution >= 0.6 is 7.14 Å². The molecule has 0 aliphatic carbocycles. The van der Waals surface area contributed by atoms with E-state index in [1.54, 1.807) is 13.8 Å². The van der Waals surface area contributed by atoms with Crippen molar-refractivity contribution in [2.45, 2.75) is 38.7 Å². The Bertz CT molecular complexity index is 189. The minimum atomic E-state index is -2.64. The molecule has 0 rings (SSSR count). The molecule has 1 atom stereocenters. The Balaban J connectivity index is 4.93. The third-order valence-electron chi connectivity index (χ3n) is 1.89. The van der Waals surface area contributed by atoms with E-state index in [0.29, 0.717) is 0 Å². The van der Waals surface area contributed by atoms with E-state index in [1.165, 1.54) is 5.82 Å². The molecule has 0 aromatic rings. The molecule has 3 heteroatoms. The SMILES string of the molecule is C=CP(=O)(C(C)C)C(C)(C)O. The van der Waals surface area contributed by atoms with Gasteiger partial charge in [-0.05, 0) is 19.7 Å². The molecule has 0 aliphatic heterocycles. The van der Waals surface area contributed by atoms with Gasteiger partial charge in [-0.15, -0.1) is 0 Å². The molecule has 0 aliphatic rings. The summed E-state index contributed by atoms with van der Waals surface area (Å²) >= 11 is 0. The van der Waals surface area contributed by atoms with Gasteiger partial charge in [-0.3, -0.25) is 0 Å². The van der Waals surface area contributed by atoms with E-state index in [1.807, 2.05) is 13.8 Å². The van der Waals surface area contributed by atoms with E-state index in [4.69, 9.17) is 0 Å². The summed E-state index contributed by atoms with van der Waals surface area (Å²) in [4.78, 5) is 0. The number of hydrogen-bond donors (Lipinski definition) is 1. The molecular weight excluding hydrogens is 159 g/mol. The first kappa shape index (κ1) is 10.9. The zero-order chi connectivity index (χ0) is 9.28. The van der Waals surface area contributed by atoms with Crippen LogP contribution in [-0.2, 0) is 4.57 Å². The van der Waals surface area contributed by atoms with Crippen LogP contribution in [0.2, 0.25) is 0 Å². The molecule has 1 N–H and O–H groups in total. The Morgan fingerprint density at radius 2 is 1.91 bits per heavy atom. The molecule has 0 aromatic heterocycles. The second-order valence-corrected chi connectivity index (χ2v) is 7.39. The molecule has 0 saturated carbocycles. The maximum absolute atomic E-state index is 11.9. The fourth-order valence-electron chi connectivity index (χ4n) is 1.07. The number of hydrogen-bond acceptors (Lipinski definition) is 2. The van der Waals surface area contributed by atoms with Crippen molar-refractivity contribution >= 4 is 7.14 Å². The molecule has 0 saturated heterocycles. The third kappa shape index (κ3) is 1.94. The summed E-state index contributed by atoms with van der Waals surface area (Å²) in [5.41, 5.74) is -0.0417. The van der Waals surface area contributed by atoms with Crippen LogP contribution < -0.4 is 0 Å². The zero-order valence-corrected chi connectivity index (χ0v) is 8.56. The van der Waals surface area contributed by atoms with E-state index in [0.717, 1.165) is 0 Å². The van der Waals surface area contributed by atoms with Crippen molar-refractivity contribution in [3.05, 3.63) is 12.4 Å². The van der Waals surface area contributed by atoms with E-state index in [9.17, 15) is 9.67 Å². The molecule has 0 amide bonds. The summed E-state index contributed by atoms with van der Waals surface area (Å²) in [5, 5.41) is 8.44. The first-order valence-electron chi connectivity index (χ1n) is 3.71. The smallest absolute Gasteiger partial charge is 0.139 e. The van der Waals surface area contributed by atoms with E-state index in [-0.39, 0.29) is 5.66 Å². The highest BCUT2D eigenvalue weighted by Gasteiger charge is 2.38. The average molecular weight is 176 g/mol. The highest BCUT2D eigenvalue weighted by molar-refractivity contribution is 7.68. The van der Waals surface area contributed by atoms with Gasteiger partial charge in [0.2, 0.25) is 0 Å². The molecule has 0 spiro atoms. The highest BCUT2D eigenvalue weighted by Crippen LogP contribution is 2.61. The fraction of sp³-hybridized carbons (Fsp3) is 0.750. The molecule has 11 heavy (non-hydrogen) atoms. The molecule has 1 unspecified atom stereocenters. The lowest BCUT2D eigenvalue weighted by Crippen LogP contribution is -2.22. The highest BCUT2D eigenvalue weighted by atomic mass is 31.2. The van der Waals surface area contributed by atoms with Crippen LogP contribution in [0.4, 0.5) is 0 Å². The molecule has 0 fully saturated rings. The molecular formula is C8H17O2P. The van der Waals surface area contributed by atoms with Crippen LogP contribution in [0.25, 0.3) is 0 Å². The third-order valence-corrected chi connectivity index (χ3v) is 5.68. The molecule has 0 radical (unpaired) electrons. The van der Waals surface area contributed by atoms with Crippen molar-refractivity contribution in [3.8, 4) is 0 Å². The Kier molecular flexibility index (Phi) is 3.10. The van der Waals surface area contributed by atoms with Gasteiger partial charge in [0.1, 0.15) is 12.5 Å². The van der Waals surface area contributed by atoms with E-state index < -0.39 is 12.5 Å². The number of rotatable bonds is 3. The van der Waals surface area contributed by atoms with Crippen molar-refractivity contribution in [3.63, 3.8) is 0 Å². The Morgan fingerprint density at radius 3 is 1.91 bits per heavy atom. The predicted octanol–water partition coefficient (Wildman–Crippen LogP) is 2.63. The molecule has 0 bridgehead atoms.